The van der Waals surface area contributed by atoms with E-state index in [0.717, 1.165) is 21.1 Å². The monoisotopic (exact) mass is 250 g/mol. The largest absolute Gasteiger partial charge is 0.497 e. The van der Waals surface area contributed by atoms with Crippen LogP contribution in [0.15, 0.2) is 22.8 Å². The Morgan fingerprint density at radius 1 is 1.50 bits per heavy atom. The Morgan fingerprint density at radius 3 is 2.93 bits per heavy atom. The molecule has 0 radical (unpaired) electrons. The van der Waals surface area contributed by atoms with Crippen LogP contribution in [0.25, 0.3) is 10.9 Å². The predicted molar refractivity (Wildman–Crippen MR) is 57.3 cm³/mol. The third kappa shape index (κ3) is 1.26. The van der Waals surface area contributed by atoms with Crippen LogP contribution < -0.4 is 4.74 Å². The van der Waals surface area contributed by atoms with E-state index in [1.807, 2.05) is 12.1 Å². The highest BCUT2D eigenvalue weighted by Gasteiger charge is 2.07. The number of hydrogen-bond donors (Lipinski definition) is 1. The molecule has 3 nitrogen and oxygen atoms in total. The highest BCUT2D eigenvalue weighted by Crippen LogP contribution is 2.30. The first kappa shape index (κ1) is 9.10. The van der Waals surface area contributed by atoms with Crippen LogP contribution in [0.2, 0.25) is 0 Å². The number of nitrogens with zero attached hydrogens (tertiary/aromatic N) is 1. The van der Waals surface area contributed by atoms with Gasteiger partial charge in [0.15, 0.2) is 0 Å². The van der Waals surface area contributed by atoms with Gasteiger partial charge in [-0.05, 0) is 28.1 Å². The van der Waals surface area contributed by atoms with Crippen LogP contribution in [-0.2, 0) is 0 Å². The maximum atomic E-state index is 8.85. The summed E-state index contributed by atoms with van der Waals surface area (Å²) >= 11 is 3.41. The van der Waals surface area contributed by atoms with Crippen molar-refractivity contribution < 1.29 is 4.74 Å². The fraction of sp³-hybridized carbons (Fsp3) is 0.100. The second kappa shape index (κ2) is 3.35. The number of nitrogens with one attached hydrogen (secondary N) is 1. The van der Waals surface area contributed by atoms with Crippen molar-refractivity contribution in [2.24, 2.45) is 0 Å². The van der Waals surface area contributed by atoms with Gasteiger partial charge in [-0.25, -0.2) is 0 Å². The molecule has 70 valence electrons. The number of H-pyrrole nitrogens is 1. The quantitative estimate of drug-likeness (QED) is 0.847. The lowest BCUT2D eigenvalue weighted by Crippen LogP contribution is -1.83. The molecule has 0 saturated carbocycles. The lowest BCUT2D eigenvalue weighted by atomic mass is 10.2. The van der Waals surface area contributed by atoms with Crippen molar-refractivity contribution in [3.05, 3.63) is 28.4 Å². The van der Waals surface area contributed by atoms with E-state index in [2.05, 4.69) is 27.0 Å². The molecule has 1 N–H and O–H groups in total. The molecular weight excluding hydrogens is 244 g/mol. The Labute approximate surface area is 89.4 Å². The number of aromatic amines is 1. The summed E-state index contributed by atoms with van der Waals surface area (Å²) in [5.41, 5.74) is 1.54. The summed E-state index contributed by atoms with van der Waals surface area (Å²) in [5.74, 6) is 0.737. The number of fused-ring (bicyclic) bond motifs is 1. The number of methoxy groups -OCH3 is 1. The molecule has 1 heterocycles. The van der Waals surface area contributed by atoms with Crippen LogP contribution in [0.1, 0.15) is 5.56 Å². The van der Waals surface area contributed by atoms with Gasteiger partial charge >= 0.3 is 0 Å². The average Bonchev–Trinajstić information content (AvgIpc) is 2.61. The summed E-state index contributed by atoms with van der Waals surface area (Å²) in [7, 11) is 1.60. The zero-order chi connectivity index (χ0) is 10.1. The predicted octanol–water partition coefficient (Wildman–Crippen LogP) is 2.81. The number of aromatic nitrogens is 1. The van der Waals surface area contributed by atoms with Crippen LogP contribution in [-0.4, -0.2) is 12.1 Å². The molecule has 0 unspecified atom stereocenters. The maximum Gasteiger partial charge on any atom is 0.120 e. The van der Waals surface area contributed by atoms with E-state index in [1.54, 1.807) is 13.3 Å². The van der Waals surface area contributed by atoms with Crippen molar-refractivity contribution in [1.82, 2.24) is 4.98 Å². The first-order chi connectivity index (χ1) is 6.76. The number of hydrogen-bond acceptors (Lipinski definition) is 2. The van der Waals surface area contributed by atoms with Crippen molar-refractivity contribution in [3.8, 4) is 11.8 Å². The van der Waals surface area contributed by atoms with Gasteiger partial charge in [0.2, 0.25) is 0 Å². The number of rotatable bonds is 1. The SMILES string of the molecule is COc1cc(Br)c2[nH]cc(C#N)c2c1. The smallest absolute Gasteiger partial charge is 0.120 e. The molecule has 0 spiro atoms. The van der Waals surface area contributed by atoms with Crippen molar-refractivity contribution >= 4 is 26.8 Å². The van der Waals surface area contributed by atoms with Gasteiger partial charge in [-0.1, -0.05) is 0 Å². The first-order valence-corrected chi connectivity index (χ1v) is 4.80. The molecule has 0 fully saturated rings. The Balaban J connectivity index is 2.82. The second-order valence-electron chi connectivity index (χ2n) is 2.85. The second-order valence-corrected chi connectivity index (χ2v) is 3.70. The lowest BCUT2D eigenvalue weighted by molar-refractivity contribution is 0.415. The van der Waals surface area contributed by atoms with Gasteiger partial charge in [0.25, 0.3) is 0 Å². The number of benzene rings is 1. The summed E-state index contributed by atoms with van der Waals surface area (Å²) in [4.78, 5) is 3.03. The fourth-order valence-corrected chi connectivity index (χ4v) is 1.93. The highest BCUT2D eigenvalue weighted by atomic mass is 79.9. The Kier molecular flexibility index (Phi) is 2.18. The van der Waals surface area contributed by atoms with E-state index < -0.39 is 0 Å². The van der Waals surface area contributed by atoms with E-state index in [9.17, 15) is 0 Å². The molecule has 2 rings (SSSR count). The van der Waals surface area contributed by atoms with Gasteiger partial charge in [-0.2, -0.15) is 5.26 Å². The normalized spacial score (nSPS) is 10.1. The maximum absolute atomic E-state index is 8.85. The van der Waals surface area contributed by atoms with Crippen LogP contribution >= 0.6 is 15.9 Å². The van der Waals surface area contributed by atoms with Crippen molar-refractivity contribution in [3.63, 3.8) is 0 Å². The summed E-state index contributed by atoms with van der Waals surface area (Å²) in [6, 6.07) is 5.82. The van der Waals surface area contributed by atoms with E-state index >= 15 is 0 Å². The fourth-order valence-electron chi connectivity index (χ4n) is 1.37. The molecule has 1 aromatic heterocycles. The van der Waals surface area contributed by atoms with Gasteiger partial charge in [-0.15, -0.1) is 0 Å². The zero-order valence-corrected chi connectivity index (χ0v) is 9.05. The molecule has 0 atom stereocenters. The Bertz CT molecular complexity index is 525. The van der Waals surface area contributed by atoms with Crippen molar-refractivity contribution in [1.29, 1.82) is 5.26 Å². The van der Waals surface area contributed by atoms with Crippen LogP contribution in [0, 0.1) is 11.3 Å². The van der Waals surface area contributed by atoms with Crippen molar-refractivity contribution in [2.75, 3.05) is 7.11 Å². The molecule has 0 amide bonds. The number of ether oxygens (including phenoxy) is 1. The Morgan fingerprint density at radius 2 is 2.29 bits per heavy atom. The third-order valence-electron chi connectivity index (χ3n) is 2.07. The molecule has 1 aromatic carbocycles. The molecule has 4 heteroatoms. The van der Waals surface area contributed by atoms with Crippen LogP contribution in [0.3, 0.4) is 0 Å². The highest BCUT2D eigenvalue weighted by molar-refractivity contribution is 9.10. The molecule has 0 saturated heterocycles. The molecular formula is C10H7BrN2O. The number of nitriles is 1. The molecule has 2 aromatic rings. The Hall–Kier alpha value is -1.47. The minimum atomic E-state index is 0.625. The summed E-state index contributed by atoms with van der Waals surface area (Å²) in [6.07, 6.45) is 1.69. The summed E-state index contributed by atoms with van der Waals surface area (Å²) < 4.78 is 6.02. The number of halogens is 1. The molecule has 14 heavy (non-hydrogen) atoms. The minimum absolute atomic E-state index is 0.625. The standard InChI is InChI=1S/C10H7BrN2O/c1-14-7-2-8-6(4-12)5-13-10(8)9(11)3-7/h2-3,5,13H,1H3. The van der Waals surface area contributed by atoms with Gasteiger partial charge < -0.3 is 9.72 Å². The van der Waals surface area contributed by atoms with Crippen LogP contribution in [0.4, 0.5) is 0 Å². The molecule has 0 aliphatic carbocycles. The van der Waals surface area contributed by atoms with Crippen LogP contribution in [0.5, 0.6) is 5.75 Å². The summed E-state index contributed by atoms with van der Waals surface area (Å²) in [6.45, 7) is 0. The van der Waals surface area contributed by atoms with Gasteiger partial charge in [0.05, 0.1) is 18.2 Å². The molecule has 0 aliphatic rings. The van der Waals surface area contributed by atoms with Gasteiger partial charge in [0, 0.05) is 16.1 Å². The van der Waals surface area contributed by atoms with E-state index in [4.69, 9.17) is 10.00 Å². The molecule has 0 aliphatic heterocycles. The lowest BCUT2D eigenvalue weighted by Gasteiger charge is -2.01. The van der Waals surface area contributed by atoms with E-state index in [0.29, 0.717) is 5.56 Å². The average molecular weight is 251 g/mol. The molecule has 0 bridgehead atoms. The van der Waals surface area contributed by atoms with Gasteiger partial charge in [0.1, 0.15) is 11.8 Å². The minimum Gasteiger partial charge on any atom is -0.497 e. The van der Waals surface area contributed by atoms with Gasteiger partial charge in [-0.3, -0.25) is 0 Å². The topological polar surface area (TPSA) is 48.8 Å². The van der Waals surface area contributed by atoms with Crippen molar-refractivity contribution in [2.45, 2.75) is 0 Å². The van der Waals surface area contributed by atoms with E-state index in [-0.39, 0.29) is 0 Å². The summed E-state index contributed by atoms with van der Waals surface area (Å²) in [5, 5.41) is 9.73. The third-order valence-corrected chi connectivity index (χ3v) is 2.70. The zero-order valence-electron chi connectivity index (χ0n) is 7.47. The first-order valence-electron chi connectivity index (χ1n) is 4.01. The van der Waals surface area contributed by atoms with E-state index in [1.165, 1.54) is 0 Å².